The normalized spacial score (nSPS) is 14.9. The molecule has 3 nitrogen and oxygen atoms in total. The van der Waals surface area contributed by atoms with Crippen molar-refractivity contribution in [2.24, 2.45) is 11.7 Å². The van der Waals surface area contributed by atoms with Gasteiger partial charge in [-0.25, -0.2) is 0 Å². The molecule has 0 aromatic carbocycles. The average Bonchev–Trinajstić information content (AvgIpc) is 2.09. The highest BCUT2D eigenvalue weighted by Crippen LogP contribution is 2.34. The molecular formula is C8H11F6NO2. The molecule has 1 atom stereocenters. The number of nitrogens with two attached hydrogens (primary N) is 1. The largest absolute Gasteiger partial charge is 0.468 e. The van der Waals surface area contributed by atoms with Gasteiger partial charge in [0.05, 0.1) is 7.11 Å². The summed E-state index contributed by atoms with van der Waals surface area (Å²) in [7, 11) is 0.834. The predicted molar refractivity (Wildman–Crippen MR) is 44.8 cm³/mol. The number of halogens is 6. The maximum Gasteiger partial charge on any atom is 0.389 e. The smallest absolute Gasteiger partial charge is 0.389 e. The number of methoxy groups -OCH3 is 1. The fraction of sp³-hybridized carbons (Fsp3) is 0.875. The summed E-state index contributed by atoms with van der Waals surface area (Å²) >= 11 is 0. The molecule has 0 saturated carbocycles. The van der Waals surface area contributed by atoms with Gasteiger partial charge in [0.15, 0.2) is 0 Å². The fourth-order valence-electron chi connectivity index (χ4n) is 1.25. The highest BCUT2D eigenvalue weighted by atomic mass is 19.4. The van der Waals surface area contributed by atoms with Crippen LogP contribution in [-0.4, -0.2) is 31.5 Å². The molecular weight excluding hydrogens is 256 g/mol. The van der Waals surface area contributed by atoms with Crippen LogP contribution in [0.2, 0.25) is 0 Å². The molecule has 0 spiro atoms. The number of alkyl halides is 6. The Morgan fingerprint density at radius 3 is 1.71 bits per heavy atom. The lowest BCUT2D eigenvalue weighted by atomic mass is 9.92. The first-order valence-corrected chi connectivity index (χ1v) is 4.43. The van der Waals surface area contributed by atoms with Gasteiger partial charge in [-0.15, -0.1) is 0 Å². The first kappa shape index (κ1) is 16.0. The van der Waals surface area contributed by atoms with Gasteiger partial charge in [0.2, 0.25) is 0 Å². The van der Waals surface area contributed by atoms with Crippen LogP contribution in [0.3, 0.4) is 0 Å². The number of carbonyl (C=O) groups excluding carboxylic acids is 1. The van der Waals surface area contributed by atoms with Crippen molar-refractivity contribution >= 4 is 5.97 Å². The first-order valence-electron chi connectivity index (χ1n) is 4.43. The van der Waals surface area contributed by atoms with Crippen molar-refractivity contribution in [1.29, 1.82) is 0 Å². The predicted octanol–water partition coefficient (Wildman–Crippen LogP) is 2.01. The number of esters is 1. The van der Waals surface area contributed by atoms with Crippen LogP contribution in [0.15, 0.2) is 0 Å². The molecule has 0 rings (SSSR count). The summed E-state index contributed by atoms with van der Waals surface area (Å²) in [4.78, 5) is 10.8. The number of hydrogen-bond acceptors (Lipinski definition) is 3. The van der Waals surface area contributed by atoms with E-state index in [2.05, 4.69) is 4.74 Å². The molecule has 2 N–H and O–H groups in total. The molecule has 0 aliphatic rings. The topological polar surface area (TPSA) is 52.3 Å². The standard InChI is InChI=1S/C8H11F6NO2/c1-17-6(16)5(15)4(2-7(9,10)11)3-8(12,13)14/h4-5H,2-3,15H2,1H3/t5-/m0/s1. The molecule has 9 heteroatoms. The number of rotatable bonds is 4. The quantitative estimate of drug-likeness (QED) is 0.626. The third kappa shape index (κ3) is 7.03. The third-order valence-corrected chi connectivity index (χ3v) is 1.97. The minimum absolute atomic E-state index is 0.834. The van der Waals surface area contributed by atoms with Crippen LogP contribution in [0.25, 0.3) is 0 Å². The number of ether oxygens (including phenoxy) is 1. The van der Waals surface area contributed by atoms with Crippen molar-refractivity contribution in [3.05, 3.63) is 0 Å². The zero-order chi connectivity index (χ0) is 13.9. The second-order valence-electron chi connectivity index (χ2n) is 3.45. The van der Waals surface area contributed by atoms with Crippen LogP contribution >= 0.6 is 0 Å². The van der Waals surface area contributed by atoms with Crippen LogP contribution < -0.4 is 5.73 Å². The summed E-state index contributed by atoms with van der Waals surface area (Å²) in [5, 5.41) is 0. The van der Waals surface area contributed by atoms with Crippen LogP contribution in [-0.2, 0) is 9.53 Å². The van der Waals surface area contributed by atoms with Crippen molar-refractivity contribution in [1.82, 2.24) is 0 Å². The maximum atomic E-state index is 12.0. The Kier molecular flexibility index (Phi) is 5.24. The van der Waals surface area contributed by atoms with E-state index in [0.717, 1.165) is 7.11 Å². The molecule has 0 bridgehead atoms. The molecule has 0 saturated heterocycles. The summed E-state index contributed by atoms with van der Waals surface area (Å²) in [6.07, 6.45) is -13.2. The van der Waals surface area contributed by atoms with E-state index < -0.39 is 43.1 Å². The first-order chi connectivity index (χ1) is 7.46. The summed E-state index contributed by atoms with van der Waals surface area (Å²) < 4.78 is 76.2. The minimum atomic E-state index is -4.83. The van der Waals surface area contributed by atoms with E-state index in [9.17, 15) is 31.1 Å². The van der Waals surface area contributed by atoms with Crippen molar-refractivity contribution in [2.45, 2.75) is 31.2 Å². The zero-order valence-electron chi connectivity index (χ0n) is 8.73. The Balaban J connectivity index is 4.79. The highest BCUT2D eigenvalue weighted by Gasteiger charge is 2.43. The van der Waals surface area contributed by atoms with Crippen LogP contribution in [0.4, 0.5) is 26.3 Å². The Morgan fingerprint density at radius 2 is 1.47 bits per heavy atom. The van der Waals surface area contributed by atoms with E-state index in [1.54, 1.807) is 0 Å². The van der Waals surface area contributed by atoms with E-state index in [-0.39, 0.29) is 0 Å². The van der Waals surface area contributed by atoms with Gasteiger partial charge in [0.25, 0.3) is 0 Å². The summed E-state index contributed by atoms with van der Waals surface area (Å²) in [6.45, 7) is 0. The Morgan fingerprint density at radius 1 is 1.12 bits per heavy atom. The average molecular weight is 267 g/mol. The van der Waals surface area contributed by atoms with E-state index in [0.29, 0.717) is 0 Å². The molecule has 0 heterocycles. The molecule has 0 aromatic rings. The second-order valence-corrected chi connectivity index (χ2v) is 3.45. The summed E-state index contributed by atoms with van der Waals surface area (Å²) in [6, 6.07) is -1.96. The molecule has 0 amide bonds. The zero-order valence-corrected chi connectivity index (χ0v) is 8.73. The van der Waals surface area contributed by atoms with Crippen LogP contribution in [0, 0.1) is 5.92 Å². The molecule has 0 radical (unpaired) electrons. The monoisotopic (exact) mass is 267 g/mol. The van der Waals surface area contributed by atoms with Gasteiger partial charge < -0.3 is 10.5 Å². The molecule has 0 unspecified atom stereocenters. The van der Waals surface area contributed by atoms with Crippen molar-refractivity contribution in [2.75, 3.05) is 7.11 Å². The fourth-order valence-corrected chi connectivity index (χ4v) is 1.25. The second kappa shape index (κ2) is 5.56. The molecule has 102 valence electrons. The van der Waals surface area contributed by atoms with Gasteiger partial charge in [-0.05, 0) is 0 Å². The lowest BCUT2D eigenvalue weighted by Crippen LogP contribution is -2.42. The Labute approximate surface area is 92.9 Å². The molecule has 0 aliphatic carbocycles. The van der Waals surface area contributed by atoms with Crippen LogP contribution in [0.1, 0.15) is 12.8 Å². The van der Waals surface area contributed by atoms with Gasteiger partial charge in [-0.2, -0.15) is 26.3 Å². The van der Waals surface area contributed by atoms with E-state index in [4.69, 9.17) is 5.73 Å². The molecule has 0 aromatic heterocycles. The van der Waals surface area contributed by atoms with Crippen molar-refractivity contribution in [3.63, 3.8) is 0 Å². The van der Waals surface area contributed by atoms with Gasteiger partial charge in [0.1, 0.15) is 6.04 Å². The Hall–Kier alpha value is -0.990. The molecule has 0 fully saturated rings. The van der Waals surface area contributed by atoms with E-state index in [1.165, 1.54) is 0 Å². The van der Waals surface area contributed by atoms with E-state index >= 15 is 0 Å². The van der Waals surface area contributed by atoms with E-state index in [1.807, 2.05) is 0 Å². The van der Waals surface area contributed by atoms with Gasteiger partial charge >= 0.3 is 18.3 Å². The minimum Gasteiger partial charge on any atom is -0.468 e. The van der Waals surface area contributed by atoms with Gasteiger partial charge in [0, 0.05) is 18.8 Å². The molecule has 0 aliphatic heterocycles. The third-order valence-electron chi connectivity index (χ3n) is 1.97. The SMILES string of the molecule is COC(=O)[C@@H](N)C(CC(F)(F)F)CC(F)(F)F. The maximum absolute atomic E-state index is 12.0. The lowest BCUT2D eigenvalue weighted by molar-refractivity contribution is -0.178. The van der Waals surface area contributed by atoms with Gasteiger partial charge in [-0.3, -0.25) is 4.79 Å². The molecule has 17 heavy (non-hydrogen) atoms. The summed E-state index contributed by atoms with van der Waals surface area (Å²) in [5.41, 5.74) is 5.01. The number of hydrogen-bond donors (Lipinski definition) is 1. The highest BCUT2D eigenvalue weighted by molar-refractivity contribution is 5.75. The van der Waals surface area contributed by atoms with Gasteiger partial charge in [-0.1, -0.05) is 0 Å². The lowest BCUT2D eigenvalue weighted by Gasteiger charge is -2.24. The Bertz CT molecular complexity index is 246. The van der Waals surface area contributed by atoms with Crippen molar-refractivity contribution < 1.29 is 35.9 Å². The number of carbonyl (C=O) groups is 1. The van der Waals surface area contributed by atoms with Crippen molar-refractivity contribution in [3.8, 4) is 0 Å². The van der Waals surface area contributed by atoms with Crippen LogP contribution in [0.5, 0.6) is 0 Å². The summed E-state index contributed by atoms with van der Waals surface area (Å²) in [5.74, 6) is -3.38.